The monoisotopic (exact) mass is 310 g/mol. The van der Waals surface area contributed by atoms with E-state index >= 15 is 0 Å². The Kier molecular flexibility index (Phi) is 4.99. The number of piperazine rings is 1. The zero-order valence-electron chi connectivity index (χ0n) is 14.1. The SMILES string of the molecule is Cc1ccc(C)c(N2CCN(C[C@H](O)c3ccccc3)CC2)c1. The standard InChI is InChI=1S/C20H26N2O/c1-16-8-9-17(2)19(14-16)22-12-10-21(11-13-22)15-20(23)18-6-4-3-5-7-18/h3-9,14,20,23H,10-13,15H2,1-2H3/t20-/m0/s1. The molecule has 0 bridgehead atoms. The van der Waals surface area contributed by atoms with Crippen molar-refractivity contribution in [3.63, 3.8) is 0 Å². The zero-order valence-corrected chi connectivity index (χ0v) is 14.1. The van der Waals surface area contributed by atoms with E-state index < -0.39 is 6.10 Å². The Morgan fingerprint density at radius 2 is 1.65 bits per heavy atom. The first kappa shape index (κ1) is 16.0. The molecule has 0 aromatic heterocycles. The maximum atomic E-state index is 10.4. The van der Waals surface area contributed by atoms with Gasteiger partial charge in [-0.15, -0.1) is 0 Å². The van der Waals surface area contributed by atoms with Crippen molar-refractivity contribution in [2.24, 2.45) is 0 Å². The normalized spacial score (nSPS) is 17.3. The van der Waals surface area contributed by atoms with Gasteiger partial charge in [0.05, 0.1) is 6.10 Å². The maximum Gasteiger partial charge on any atom is 0.0916 e. The summed E-state index contributed by atoms with van der Waals surface area (Å²) in [6.45, 7) is 9.08. The highest BCUT2D eigenvalue weighted by Gasteiger charge is 2.20. The highest BCUT2D eigenvalue weighted by molar-refractivity contribution is 5.55. The molecule has 1 heterocycles. The molecule has 3 nitrogen and oxygen atoms in total. The van der Waals surface area contributed by atoms with Crippen LogP contribution in [0.3, 0.4) is 0 Å². The number of benzene rings is 2. The van der Waals surface area contributed by atoms with Gasteiger partial charge < -0.3 is 10.0 Å². The maximum absolute atomic E-state index is 10.4. The van der Waals surface area contributed by atoms with Crippen molar-refractivity contribution < 1.29 is 5.11 Å². The van der Waals surface area contributed by atoms with Gasteiger partial charge in [-0.05, 0) is 36.6 Å². The topological polar surface area (TPSA) is 26.7 Å². The highest BCUT2D eigenvalue weighted by Crippen LogP contribution is 2.23. The Hall–Kier alpha value is -1.84. The smallest absolute Gasteiger partial charge is 0.0916 e. The molecule has 0 aliphatic carbocycles. The van der Waals surface area contributed by atoms with E-state index in [4.69, 9.17) is 0 Å². The first-order valence-electron chi connectivity index (χ1n) is 8.41. The second-order valence-electron chi connectivity index (χ2n) is 6.50. The van der Waals surface area contributed by atoms with Crippen LogP contribution in [0.5, 0.6) is 0 Å². The molecule has 0 amide bonds. The number of β-amino-alcohol motifs (C(OH)–C–C–N with tert-alkyl or cyclic N) is 1. The van der Waals surface area contributed by atoms with Gasteiger partial charge in [-0.3, -0.25) is 4.90 Å². The van der Waals surface area contributed by atoms with Crippen molar-refractivity contribution in [1.29, 1.82) is 0 Å². The number of anilines is 1. The molecule has 0 spiro atoms. The molecule has 3 heteroatoms. The van der Waals surface area contributed by atoms with Gasteiger partial charge in [0, 0.05) is 38.4 Å². The van der Waals surface area contributed by atoms with Gasteiger partial charge in [-0.25, -0.2) is 0 Å². The molecular weight excluding hydrogens is 284 g/mol. The van der Waals surface area contributed by atoms with Crippen molar-refractivity contribution in [1.82, 2.24) is 4.90 Å². The van der Waals surface area contributed by atoms with E-state index in [0.717, 1.165) is 31.7 Å². The molecule has 3 rings (SSSR count). The fourth-order valence-corrected chi connectivity index (χ4v) is 3.26. The highest BCUT2D eigenvalue weighted by atomic mass is 16.3. The molecule has 1 N–H and O–H groups in total. The van der Waals surface area contributed by atoms with Crippen LogP contribution in [0.25, 0.3) is 0 Å². The molecule has 23 heavy (non-hydrogen) atoms. The van der Waals surface area contributed by atoms with E-state index in [9.17, 15) is 5.11 Å². The number of aliphatic hydroxyl groups is 1. The number of nitrogens with zero attached hydrogens (tertiary/aromatic N) is 2. The van der Waals surface area contributed by atoms with Gasteiger partial charge in [0.25, 0.3) is 0 Å². The van der Waals surface area contributed by atoms with E-state index in [1.807, 2.05) is 30.3 Å². The number of hydrogen-bond acceptors (Lipinski definition) is 3. The summed E-state index contributed by atoms with van der Waals surface area (Å²) in [6.07, 6.45) is -0.400. The minimum absolute atomic E-state index is 0.400. The summed E-state index contributed by atoms with van der Waals surface area (Å²) in [4.78, 5) is 4.83. The van der Waals surface area contributed by atoms with Crippen LogP contribution in [-0.2, 0) is 0 Å². The van der Waals surface area contributed by atoms with Crippen molar-refractivity contribution in [2.75, 3.05) is 37.6 Å². The van der Waals surface area contributed by atoms with Crippen molar-refractivity contribution in [3.05, 3.63) is 65.2 Å². The fourth-order valence-electron chi connectivity index (χ4n) is 3.26. The summed E-state index contributed by atoms with van der Waals surface area (Å²) in [5.74, 6) is 0. The van der Waals surface area contributed by atoms with Gasteiger partial charge in [-0.2, -0.15) is 0 Å². The third kappa shape index (κ3) is 3.92. The Bertz CT molecular complexity index is 633. The number of hydrogen-bond donors (Lipinski definition) is 1. The lowest BCUT2D eigenvalue weighted by Gasteiger charge is -2.37. The van der Waals surface area contributed by atoms with Crippen molar-refractivity contribution >= 4 is 5.69 Å². The molecular formula is C20H26N2O. The molecule has 1 atom stereocenters. The number of aryl methyl sites for hydroxylation is 2. The summed E-state index contributed by atoms with van der Waals surface area (Å²) in [5, 5.41) is 10.4. The van der Waals surface area contributed by atoms with Crippen LogP contribution in [0.1, 0.15) is 22.8 Å². The van der Waals surface area contributed by atoms with E-state index in [-0.39, 0.29) is 0 Å². The summed E-state index contributed by atoms with van der Waals surface area (Å²) < 4.78 is 0. The first-order chi connectivity index (χ1) is 11.1. The second kappa shape index (κ2) is 7.16. The third-order valence-electron chi connectivity index (χ3n) is 4.69. The lowest BCUT2D eigenvalue weighted by atomic mass is 10.1. The predicted octanol–water partition coefficient (Wildman–Crippen LogP) is 3.16. The summed E-state index contributed by atoms with van der Waals surface area (Å²) >= 11 is 0. The Morgan fingerprint density at radius 3 is 2.35 bits per heavy atom. The largest absolute Gasteiger partial charge is 0.387 e. The number of rotatable bonds is 4. The molecule has 1 fully saturated rings. The predicted molar refractivity (Wildman–Crippen MR) is 96.0 cm³/mol. The van der Waals surface area contributed by atoms with E-state index in [2.05, 4.69) is 41.8 Å². The molecule has 0 saturated carbocycles. The molecule has 2 aromatic carbocycles. The van der Waals surface area contributed by atoms with Gasteiger partial charge in [0.1, 0.15) is 0 Å². The summed E-state index contributed by atoms with van der Waals surface area (Å²) in [6, 6.07) is 16.6. The van der Waals surface area contributed by atoms with Crippen LogP contribution in [0.4, 0.5) is 5.69 Å². The average molecular weight is 310 g/mol. The van der Waals surface area contributed by atoms with E-state index in [0.29, 0.717) is 6.54 Å². The van der Waals surface area contributed by atoms with Crippen molar-refractivity contribution in [3.8, 4) is 0 Å². The second-order valence-corrected chi connectivity index (χ2v) is 6.50. The first-order valence-corrected chi connectivity index (χ1v) is 8.41. The van der Waals surface area contributed by atoms with Crippen LogP contribution in [0, 0.1) is 13.8 Å². The molecule has 1 saturated heterocycles. The lowest BCUT2D eigenvalue weighted by molar-refractivity contribution is 0.109. The van der Waals surface area contributed by atoms with Crippen LogP contribution in [0.2, 0.25) is 0 Å². The van der Waals surface area contributed by atoms with E-state index in [1.54, 1.807) is 0 Å². The minimum Gasteiger partial charge on any atom is -0.387 e. The molecule has 122 valence electrons. The minimum atomic E-state index is -0.400. The number of aliphatic hydroxyl groups excluding tert-OH is 1. The average Bonchev–Trinajstić information content (AvgIpc) is 2.58. The van der Waals surface area contributed by atoms with Gasteiger partial charge in [0.15, 0.2) is 0 Å². The molecule has 0 radical (unpaired) electrons. The van der Waals surface area contributed by atoms with E-state index in [1.165, 1.54) is 16.8 Å². The van der Waals surface area contributed by atoms with Crippen LogP contribution in [-0.4, -0.2) is 42.7 Å². The molecule has 1 aliphatic rings. The lowest BCUT2D eigenvalue weighted by Crippen LogP contribution is -2.47. The quantitative estimate of drug-likeness (QED) is 0.940. The van der Waals surface area contributed by atoms with Crippen LogP contribution < -0.4 is 4.90 Å². The summed E-state index contributed by atoms with van der Waals surface area (Å²) in [7, 11) is 0. The molecule has 0 unspecified atom stereocenters. The van der Waals surface area contributed by atoms with Gasteiger partial charge >= 0.3 is 0 Å². The molecule has 2 aromatic rings. The molecule has 1 aliphatic heterocycles. The van der Waals surface area contributed by atoms with Gasteiger partial charge in [-0.1, -0.05) is 42.5 Å². The van der Waals surface area contributed by atoms with Crippen LogP contribution >= 0.6 is 0 Å². The van der Waals surface area contributed by atoms with Gasteiger partial charge in [0.2, 0.25) is 0 Å². The fraction of sp³-hybridized carbons (Fsp3) is 0.400. The zero-order chi connectivity index (χ0) is 16.2. The Labute approximate surface area is 139 Å². The van der Waals surface area contributed by atoms with Crippen molar-refractivity contribution in [2.45, 2.75) is 20.0 Å². The van der Waals surface area contributed by atoms with Crippen LogP contribution in [0.15, 0.2) is 48.5 Å². The third-order valence-corrected chi connectivity index (χ3v) is 4.69. The summed E-state index contributed by atoms with van der Waals surface area (Å²) in [5.41, 5.74) is 5.01. The Morgan fingerprint density at radius 1 is 0.957 bits per heavy atom. The Balaban J connectivity index is 1.57.